The maximum atomic E-state index is 14.0. The molecule has 0 atom stereocenters. The van der Waals surface area contributed by atoms with Gasteiger partial charge in [-0.05, 0) is 18.2 Å². The number of hydrogen-bond acceptors (Lipinski definition) is 3. The average Bonchev–Trinajstić information content (AvgIpc) is 2.47. The number of halogens is 1. The molecule has 0 aliphatic rings. The standard InChI is InChI=1S/C16H16FNO3/c1-18(10-11-6-3-4-9-14(11)21-2)15-12(16(19)20)7-5-8-13(15)17/h3-9H,10H2,1-2H3,(H,19,20). The van der Waals surface area contributed by atoms with Crippen LogP contribution in [0.4, 0.5) is 10.1 Å². The Hall–Kier alpha value is -2.56. The summed E-state index contributed by atoms with van der Waals surface area (Å²) in [6.07, 6.45) is 0. The molecule has 2 aromatic rings. The smallest absolute Gasteiger partial charge is 0.337 e. The number of hydrogen-bond donors (Lipinski definition) is 1. The molecule has 0 amide bonds. The fraction of sp³-hybridized carbons (Fsp3) is 0.188. The van der Waals surface area contributed by atoms with Crippen LogP contribution < -0.4 is 9.64 Å². The van der Waals surface area contributed by atoms with Gasteiger partial charge < -0.3 is 14.7 Å². The third-order valence-electron chi connectivity index (χ3n) is 3.20. The summed E-state index contributed by atoms with van der Waals surface area (Å²) in [6, 6.07) is 11.4. The van der Waals surface area contributed by atoms with Gasteiger partial charge in [-0.2, -0.15) is 0 Å². The molecule has 0 bridgehead atoms. The van der Waals surface area contributed by atoms with Crippen LogP contribution in [0.2, 0.25) is 0 Å². The second-order valence-electron chi connectivity index (χ2n) is 4.61. The lowest BCUT2D eigenvalue weighted by atomic mass is 10.1. The lowest BCUT2D eigenvalue weighted by molar-refractivity contribution is 0.0697. The number of carboxylic acids is 1. The molecule has 21 heavy (non-hydrogen) atoms. The Morgan fingerprint density at radius 2 is 1.95 bits per heavy atom. The van der Waals surface area contributed by atoms with Gasteiger partial charge in [-0.15, -0.1) is 0 Å². The number of benzene rings is 2. The number of nitrogens with zero attached hydrogens (tertiary/aromatic N) is 1. The minimum absolute atomic E-state index is 0.0626. The van der Waals surface area contributed by atoms with Gasteiger partial charge in [0.05, 0.1) is 18.4 Å². The van der Waals surface area contributed by atoms with E-state index in [1.54, 1.807) is 19.1 Å². The second-order valence-corrected chi connectivity index (χ2v) is 4.61. The molecule has 0 spiro atoms. The van der Waals surface area contributed by atoms with Crippen LogP contribution in [0.3, 0.4) is 0 Å². The van der Waals surface area contributed by atoms with Gasteiger partial charge in [0, 0.05) is 19.2 Å². The van der Waals surface area contributed by atoms with Crippen LogP contribution in [0.25, 0.3) is 0 Å². The molecule has 0 saturated carbocycles. The zero-order valence-corrected chi connectivity index (χ0v) is 11.8. The fourth-order valence-electron chi connectivity index (χ4n) is 2.24. The number of aromatic carboxylic acids is 1. The minimum atomic E-state index is -1.16. The van der Waals surface area contributed by atoms with Gasteiger partial charge in [-0.3, -0.25) is 0 Å². The molecular formula is C16H16FNO3. The monoisotopic (exact) mass is 289 g/mol. The number of carbonyl (C=O) groups is 1. The minimum Gasteiger partial charge on any atom is -0.496 e. The third kappa shape index (κ3) is 3.13. The van der Waals surface area contributed by atoms with Crippen molar-refractivity contribution in [3.8, 4) is 5.75 Å². The number of carboxylic acid groups (broad SMARTS) is 1. The van der Waals surface area contributed by atoms with Gasteiger partial charge >= 0.3 is 5.97 Å². The van der Waals surface area contributed by atoms with Crippen LogP contribution >= 0.6 is 0 Å². The summed E-state index contributed by atoms with van der Waals surface area (Å²) in [5.74, 6) is -1.04. The molecule has 0 unspecified atom stereocenters. The van der Waals surface area contributed by atoms with Crippen molar-refractivity contribution in [1.82, 2.24) is 0 Å². The normalized spacial score (nSPS) is 10.2. The van der Waals surface area contributed by atoms with E-state index in [9.17, 15) is 14.3 Å². The van der Waals surface area contributed by atoms with Gasteiger partial charge in [-0.25, -0.2) is 9.18 Å². The van der Waals surface area contributed by atoms with Gasteiger partial charge in [0.15, 0.2) is 0 Å². The first kappa shape index (κ1) is 14.8. The number of rotatable bonds is 5. The van der Waals surface area contributed by atoms with Crippen molar-refractivity contribution < 1.29 is 19.0 Å². The lowest BCUT2D eigenvalue weighted by Gasteiger charge is -2.22. The summed E-state index contributed by atoms with van der Waals surface area (Å²) >= 11 is 0. The van der Waals surface area contributed by atoms with E-state index in [-0.39, 0.29) is 11.3 Å². The first-order chi connectivity index (χ1) is 10.0. The third-order valence-corrected chi connectivity index (χ3v) is 3.20. The van der Waals surface area contributed by atoms with E-state index in [1.165, 1.54) is 18.2 Å². The molecule has 0 aromatic heterocycles. The summed E-state index contributed by atoms with van der Waals surface area (Å²) in [7, 11) is 3.21. The molecule has 2 aromatic carbocycles. The number of para-hydroxylation sites is 2. The maximum absolute atomic E-state index is 14.0. The van der Waals surface area contributed by atoms with E-state index < -0.39 is 11.8 Å². The van der Waals surface area contributed by atoms with E-state index in [4.69, 9.17) is 4.74 Å². The molecule has 0 saturated heterocycles. The van der Waals surface area contributed by atoms with Crippen LogP contribution in [0.1, 0.15) is 15.9 Å². The zero-order valence-electron chi connectivity index (χ0n) is 11.8. The Labute approximate surface area is 122 Å². The molecule has 110 valence electrons. The van der Waals surface area contributed by atoms with Crippen LogP contribution in [-0.4, -0.2) is 25.2 Å². The van der Waals surface area contributed by atoms with Crippen LogP contribution in [0.5, 0.6) is 5.75 Å². The summed E-state index contributed by atoms with van der Waals surface area (Å²) in [6.45, 7) is 0.339. The van der Waals surface area contributed by atoms with Crippen molar-refractivity contribution in [2.24, 2.45) is 0 Å². The van der Waals surface area contributed by atoms with E-state index >= 15 is 0 Å². The average molecular weight is 289 g/mol. The summed E-state index contributed by atoms with van der Waals surface area (Å²) in [4.78, 5) is 12.8. The maximum Gasteiger partial charge on any atom is 0.337 e. The summed E-state index contributed by atoms with van der Waals surface area (Å²) in [5.41, 5.74) is 0.852. The van der Waals surface area contributed by atoms with Gasteiger partial charge in [-0.1, -0.05) is 24.3 Å². The van der Waals surface area contributed by atoms with Gasteiger partial charge in [0.1, 0.15) is 11.6 Å². The Morgan fingerprint density at radius 3 is 2.62 bits per heavy atom. The van der Waals surface area contributed by atoms with E-state index in [1.807, 2.05) is 24.3 Å². The molecule has 0 radical (unpaired) electrons. The molecule has 2 rings (SSSR count). The largest absolute Gasteiger partial charge is 0.496 e. The Balaban J connectivity index is 2.37. The van der Waals surface area contributed by atoms with Crippen molar-refractivity contribution in [1.29, 1.82) is 0 Å². The van der Waals surface area contributed by atoms with E-state index in [0.717, 1.165) is 5.56 Å². The van der Waals surface area contributed by atoms with Crippen LogP contribution in [-0.2, 0) is 6.54 Å². The molecule has 0 fully saturated rings. The van der Waals surface area contributed by atoms with Crippen molar-refractivity contribution in [3.63, 3.8) is 0 Å². The molecule has 1 N–H and O–H groups in total. The molecule has 5 heteroatoms. The Kier molecular flexibility index (Phi) is 4.42. The highest BCUT2D eigenvalue weighted by atomic mass is 19.1. The molecule has 0 aliphatic heterocycles. The Morgan fingerprint density at radius 1 is 1.24 bits per heavy atom. The first-order valence-corrected chi connectivity index (χ1v) is 6.39. The molecule has 4 nitrogen and oxygen atoms in total. The van der Waals surface area contributed by atoms with Gasteiger partial charge in [0.2, 0.25) is 0 Å². The highest BCUT2D eigenvalue weighted by Crippen LogP contribution is 2.27. The van der Waals surface area contributed by atoms with E-state index in [0.29, 0.717) is 12.3 Å². The van der Waals surface area contributed by atoms with E-state index in [2.05, 4.69) is 0 Å². The molecular weight excluding hydrogens is 273 g/mol. The summed E-state index contributed by atoms with van der Waals surface area (Å²) < 4.78 is 19.3. The van der Waals surface area contributed by atoms with Gasteiger partial charge in [0.25, 0.3) is 0 Å². The molecule has 0 aliphatic carbocycles. The quantitative estimate of drug-likeness (QED) is 0.918. The second kappa shape index (κ2) is 6.26. The van der Waals surface area contributed by atoms with Crippen molar-refractivity contribution in [3.05, 3.63) is 59.4 Å². The van der Waals surface area contributed by atoms with Crippen molar-refractivity contribution in [2.45, 2.75) is 6.54 Å². The SMILES string of the molecule is COc1ccccc1CN(C)c1c(F)cccc1C(=O)O. The van der Waals surface area contributed by atoms with Crippen molar-refractivity contribution >= 4 is 11.7 Å². The van der Waals surface area contributed by atoms with Crippen molar-refractivity contribution in [2.75, 3.05) is 19.1 Å². The first-order valence-electron chi connectivity index (χ1n) is 6.39. The van der Waals surface area contributed by atoms with Crippen LogP contribution in [0, 0.1) is 5.82 Å². The zero-order chi connectivity index (χ0) is 15.4. The van der Waals surface area contributed by atoms with Crippen LogP contribution in [0.15, 0.2) is 42.5 Å². The predicted octanol–water partition coefficient (Wildman–Crippen LogP) is 3.17. The highest BCUT2D eigenvalue weighted by molar-refractivity contribution is 5.94. The fourth-order valence-corrected chi connectivity index (χ4v) is 2.24. The summed E-state index contributed by atoms with van der Waals surface area (Å²) in [5, 5.41) is 9.19. The number of anilines is 1. The number of methoxy groups -OCH3 is 1. The topological polar surface area (TPSA) is 49.8 Å². The Bertz CT molecular complexity index is 658. The molecule has 0 heterocycles. The lowest BCUT2D eigenvalue weighted by Crippen LogP contribution is -2.21. The number of ether oxygens (including phenoxy) is 1. The predicted molar refractivity (Wildman–Crippen MR) is 78.5 cm³/mol. The highest BCUT2D eigenvalue weighted by Gasteiger charge is 2.18.